The smallest absolute Gasteiger partial charge is 0.236 e. The van der Waals surface area contributed by atoms with E-state index in [-0.39, 0.29) is 22.3 Å². The third-order valence-electron chi connectivity index (χ3n) is 7.87. The highest BCUT2D eigenvalue weighted by Gasteiger charge is 2.28. The van der Waals surface area contributed by atoms with Gasteiger partial charge in [0.05, 0.1) is 22.9 Å². The van der Waals surface area contributed by atoms with Crippen LogP contribution in [-0.2, 0) is 30.9 Å². The van der Waals surface area contributed by atoms with Crippen molar-refractivity contribution in [3.63, 3.8) is 0 Å². The van der Waals surface area contributed by atoms with Gasteiger partial charge in [-0.25, -0.2) is 26.8 Å². The van der Waals surface area contributed by atoms with Crippen LogP contribution in [0.5, 0.6) is 0 Å². The average molecular weight is 729 g/mol. The fourth-order valence-electron chi connectivity index (χ4n) is 5.55. The van der Waals surface area contributed by atoms with Crippen LogP contribution in [0.25, 0.3) is 40.1 Å². The number of sulfonamides is 2. The van der Waals surface area contributed by atoms with E-state index in [9.17, 15) is 16.8 Å². The lowest BCUT2D eigenvalue weighted by atomic mass is 9.88. The van der Waals surface area contributed by atoms with Crippen molar-refractivity contribution in [2.75, 3.05) is 20.9 Å². The maximum Gasteiger partial charge on any atom is 0.236 e. The van der Waals surface area contributed by atoms with E-state index in [1.165, 1.54) is 16.8 Å². The van der Waals surface area contributed by atoms with Crippen LogP contribution in [0.4, 0.5) is 11.4 Å². The molecule has 2 aromatic carbocycles. The standard InChI is InChI=1S/C35H40N10O4S2/c1-9-19-50(46,47)42-24-15-11-22(12-16-24)30-36-32-26(28(34(3,4)5)38-44(32)40-30)21-27-29(35(6,7)8)39-45-33(27)37-31(41-45)23-13-17-25(18-14-23)43-51(48,49)20-10-2/h9-18,21,38,42-43H,1-2,19-20H2,3-8H3. The lowest BCUT2D eigenvalue weighted by molar-refractivity contribution is 0.553. The molecular weight excluding hydrogens is 689 g/mol. The molecule has 4 aromatic heterocycles. The van der Waals surface area contributed by atoms with E-state index in [4.69, 9.17) is 25.3 Å². The molecule has 6 rings (SSSR count). The Balaban J connectivity index is 1.44. The van der Waals surface area contributed by atoms with Gasteiger partial charge < -0.3 is 0 Å². The largest absolute Gasteiger partial charge is 0.283 e. The Bertz CT molecular complexity index is 2550. The number of nitrogens with one attached hydrogen (secondary N) is 3. The van der Waals surface area contributed by atoms with Crippen molar-refractivity contribution in [1.82, 2.24) is 39.6 Å². The summed E-state index contributed by atoms with van der Waals surface area (Å²) in [6.45, 7) is 19.5. The minimum absolute atomic E-state index is 0.189. The summed E-state index contributed by atoms with van der Waals surface area (Å²) in [7, 11) is -7.07. The Hall–Kier alpha value is -5.35. The van der Waals surface area contributed by atoms with Crippen molar-refractivity contribution >= 4 is 48.8 Å². The summed E-state index contributed by atoms with van der Waals surface area (Å²) >= 11 is 0. The Labute approximate surface area is 296 Å². The van der Waals surface area contributed by atoms with Gasteiger partial charge >= 0.3 is 0 Å². The third-order valence-corrected chi connectivity index (χ3v) is 10.3. The van der Waals surface area contributed by atoms with E-state index < -0.39 is 20.0 Å². The molecule has 51 heavy (non-hydrogen) atoms. The first-order valence-corrected chi connectivity index (χ1v) is 19.4. The summed E-state index contributed by atoms with van der Waals surface area (Å²) in [5.74, 6) is 0.511. The molecule has 0 spiro atoms. The van der Waals surface area contributed by atoms with Crippen LogP contribution in [0.1, 0.15) is 58.5 Å². The predicted octanol–water partition coefficient (Wildman–Crippen LogP) is 4.83. The number of anilines is 2. The molecule has 14 nitrogen and oxygen atoms in total. The molecular formula is C35H40N10O4S2. The van der Waals surface area contributed by atoms with Gasteiger partial charge in [0, 0.05) is 44.1 Å². The minimum atomic E-state index is -3.53. The molecule has 3 N–H and O–H groups in total. The number of hydrogen-bond acceptors (Lipinski definition) is 9. The highest BCUT2D eigenvalue weighted by atomic mass is 32.2. The van der Waals surface area contributed by atoms with Gasteiger partial charge in [-0.1, -0.05) is 53.7 Å². The first-order valence-electron chi connectivity index (χ1n) is 16.1. The fourth-order valence-corrected chi connectivity index (χ4v) is 7.33. The molecule has 0 aliphatic carbocycles. The number of fused-ring (bicyclic) bond motifs is 2. The van der Waals surface area contributed by atoms with Gasteiger partial charge in [-0.15, -0.1) is 28.0 Å². The topological polar surface area (TPSA) is 181 Å². The van der Waals surface area contributed by atoms with E-state index in [2.05, 4.69) is 69.2 Å². The number of nitrogens with zero attached hydrogens (tertiary/aromatic N) is 7. The summed E-state index contributed by atoms with van der Waals surface area (Å²) in [5.41, 5.74) is 5.24. The molecule has 16 heteroatoms. The Kier molecular flexibility index (Phi) is 8.88. The van der Waals surface area contributed by atoms with Crippen LogP contribution < -0.4 is 14.7 Å². The van der Waals surface area contributed by atoms with Crippen molar-refractivity contribution in [2.24, 2.45) is 0 Å². The van der Waals surface area contributed by atoms with Crippen LogP contribution in [0.3, 0.4) is 0 Å². The molecule has 0 bridgehead atoms. The normalized spacial score (nSPS) is 13.3. The lowest BCUT2D eigenvalue weighted by Gasteiger charge is -2.18. The molecule has 0 unspecified atom stereocenters. The van der Waals surface area contributed by atoms with Crippen molar-refractivity contribution in [2.45, 2.75) is 52.4 Å². The van der Waals surface area contributed by atoms with E-state index in [0.29, 0.717) is 45.4 Å². The van der Waals surface area contributed by atoms with Crippen LogP contribution in [0, 0.1) is 0 Å². The van der Waals surface area contributed by atoms with Crippen LogP contribution >= 0.6 is 0 Å². The lowest BCUT2D eigenvalue weighted by Crippen LogP contribution is -2.22. The zero-order chi connectivity index (χ0) is 36.9. The third kappa shape index (κ3) is 7.42. The van der Waals surface area contributed by atoms with E-state index >= 15 is 0 Å². The quantitative estimate of drug-likeness (QED) is 0.158. The van der Waals surface area contributed by atoms with Crippen molar-refractivity contribution in [3.05, 3.63) is 96.0 Å². The number of hydrogen-bond donors (Lipinski definition) is 3. The maximum atomic E-state index is 12.2. The molecule has 0 fully saturated rings. The SMILES string of the molecule is C=CCS(=O)(=O)Nc1ccc(-c2nc3c(=Cc4c(C(C)(C)C)[nH]n5nc(-c6ccc(NS(=O)(=O)CC=C)cc6)nc45)c(C(C)(C)C)nn3n2)cc1. The Morgan fingerprint density at radius 1 is 0.706 bits per heavy atom. The second kappa shape index (κ2) is 12.8. The first kappa shape index (κ1) is 35.5. The summed E-state index contributed by atoms with van der Waals surface area (Å²) in [4.78, 5) is 9.82. The zero-order valence-electron chi connectivity index (χ0n) is 29.3. The molecule has 0 atom stereocenters. The molecule has 0 saturated carbocycles. The second-order valence-electron chi connectivity index (χ2n) is 14.2. The Morgan fingerprint density at radius 3 is 1.67 bits per heavy atom. The van der Waals surface area contributed by atoms with E-state index in [1.807, 2.05) is 6.08 Å². The van der Waals surface area contributed by atoms with Crippen LogP contribution in [0.2, 0.25) is 0 Å². The first-order chi connectivity index (χ1) is 23.9. The van der Waals surface area contributed by atoms with Crippen molar-refractivity contribution in [3.8, 4) is 22.8 Å². The number of H-pyrrole nitrogens is 1. The summed E-state index contributed by atoms with van der Waals surface area (Å²) in [6.07, 6.45) is 4.69. The molecule has 0 saturated heterocycles. The highest BCUT2D eigenvalue weighted by Crippen LogP contribution is 2.30. The molecule has 0 aliphatic heterocycles. The van der Waals surface area contributed by atoms with Gasteiger partial charge in [-0.05, 0) is 54.6 Å². The molecule has 0 aliphatic rings. The molecule has 4 heterocycles. The molecule has 0 amide bonds. The maximum absolute atomic E-state index is 12.2. The number of rotatable bonds is 11. The Morgan fingerprint density at radius 2 is 1.20 bits per heavy atom. The van der Waals surface area contributed by atoms with Gasteiger partial charge in [-0.2, -0.15) is 9.73 Å². The zero-order valence-corrected chi connectivity index (χ0v) is 30.9. The van der Waals surface area contributed by atoms with Gasteiger partial charge in [0.1, 0.15) is 0 Å². The summed E-state index contributed by atoms with van der Waals surface area (Å²) in [6, 6.07) is 13.7. The van der Waals surface area contributed by atoms with Crippen LogP contribution in [-0.4, -0.2) is 68.0 Å². The van der Waals surface area contributed by atoms with Gasteiger partial charge in [0.25, 0.3) is 0 Å². The van der Waals surface area contributed by atoms with E-state index in [0.717, 1.165) is 22.2 Å². The second-order valence-corrected chi connectivity index (χ2v) is 17.8. The van der Waals surface area contributed by atoms with Crippen LogP contribution in [0.15, 0.2) is 73.8 Å². The van der Waals surface area contributed by atoms with Gasteiger partial charge in [0.15, 0.2) is 22.9 Å². The monoisotopic (exact) mass is 728 g/mol. The molecule has 0 radical (unpaired) electrons. The van der Waals surface area contributed by atoms with Gasteiger partial charge in [0.2, 0.25) is 20.0 Å². The predicted molar refractivity (Wildman–Crippen MR) is 200 cm³/mol. The average Bonchev–Trinajstić information content (AvgIpc) is 3.78. The fraction of sp³-hybridized carbons (Fsp3) is 0.286. The van der Waals surface area contributed by atoms with Crippen molar-refractivity contribution in [1.29, 1.82) is 0 Å². The summed E-state index contributed by atoms with van der Waals surface area (Å²) < 4.78 is 56.9. The molecule has 6 aromatic rings. The number of benzene rings is 2. The van der Waals surface area contributed by atoms with Gasteiger partial charge in [-0.3, -0.25) is 14.5 Å². The molecule has 266 valence electrons. The minimum Gasteiger partial charge on any atom is -0.283 e. The highest BCUT2D eigenvalue weighted by molar-refractivity contribution is 7.93. The van der Waals surface area contributed by atoms with Crippen molar-refractivity contribution < 1.29 is 16.8 Å². The van der Waals surface area contributed by atoms with E-state index in [1.54, 1.807) is 53.2 Å². The summed E-state index contributed by atoms with van der Waals surface area (Å²) in [5, 5.41) is 18.5. The number of aromatic amines is 1. The number of aromatic nitrogens is 8.